The second kappa shape index (κ2) is 5.04. The summed E-state index contributed by atoms with van der Waals surface area (Å²) < 4.78 is 20.6. The quantitative estimate of drug-likeness (QED) is 0.582. The molecule has 0 aromatic heterocycles. The number of carbonyl (C=O) groups is 1. The van der Waals surface area contributed by atoms with Crippen molar-refractivity contribution in [1.82, 2.24) is 0 Å². The molecule has 0 aliphatic rings. The Morgan fingerprint density at radius 3 is 2.64 bits per heavy atom. The fraction of sp³-hybridized carbons (Fsp3) is 0.125. The molecule has 0 spiro atoms. The molecule has 6 heteroatoms. The number of rotatable bonds is 4. The SMILES string of the molecule is COc1c(P=O)ccc(OP)c1C=O. The Bertz CT molecular complexity index is 365. The van der Waals surface area contributed by atoms with Crippen LogP contribution in [0.5, 0.6) is 11.5 Å². The molecular weight excluding hydrogens is 222 g/mol. The first-order valence-corrected chi connectivity index (χ1v) is 4.93. The van der Waals surface area contributed by atoms with E-state index in [9.17, 15) is 9.36 Å². The van der Waals surface area contributed by atoms with Crippen LogP contribution in [0.3, 0.4) is 0 Å². The summed E-state index contributed by atoms with van der Waals surface area (Å²) >= 11 is 0. The number of benzene rings is 1. The summed E-state index contributed by atoms with van der Waals surface area (Å²) in [6.45, 7) is 0. The van der Waals surface area contributed by atoms with Gasteiger partial charge in [0.25, 0.3) is 0 Å². The van der Waals surface area contributed by atoms with Gasteiger partial charge in [-0.05, 0) is 12.1 Å². The van der Waals surface area contributed by atoms with Crippen molar-refractivity contribution >= 4 is 29.5 Å². The number of ether oxygens (including phenoxy) is 1. The third-order valence-corrected chi connectivity index (χ3v) is 2.49. The minimum absolute atomic E-state index is 0.195. The zero-order valence-electron chi connectivity index (χ0n) is 7.39. The number of hydrogen-bond acceptors (Lipinski definition) is 4. The number of carbonyl (C=O) groups excluding carboxylic acids is 1. The van der Waals surface area contributed by atoms with Crippen LogP contribution < -0.4 is 14.6 Å². The van der Waals surface area contributed by atoms with Crippen LogP contribution in [-0.2, 0) is 4.57 Å². The lowest BCUT2D eigenvalue weighted by Crippen LogP contribution is -2.04. The van der Waals surface area contributed by atoms with Gasteiger partial charge in [-0.2, -0.15) is 0 Å². The summed E-state index contributed by atoms with van der Waals surface area (Å²) in [5, 5.41) is 0.417. The highest BCUT2D eigenvalue weighted by molar-refractivity contribution is 7.34. The van der Waals surface area contributed by atoms with Gasteiger partial charge in [0.2, 0.25) is 0 Å². The Morgan fingerprint density at radius 2 is 2.21 bits per heavy atom. The van der Waals surface area contributed by atoms with E-state index in [0.29, 0.717) is 17.3 Å². The van der Waals surface area contributed by atoms with Gasteiger partial charge in [0.1, 0.15) is 11.5 Å². The molecule has 0 N–H and O–H groups in total. The third kappa shape index (κ3) is 1.92. The highest BCUT2D eigenvalue weighted by atomic mass is 31.1. The fourth-order valence-corrected chi connectivity index (χ4v) is 1.71. The first kappa shape index (κ1) is 11.1. The molecule has 0 aliphatic carbocycles. The maximum atomic E-state index is 10.8. The first-order chi connectivity index (χ1) is 6.78. The average Bonchev–Trinajstić information content (AvgIpc) is 2.26. The Kier molecular flexibility index (Phi) is 3.99. The van der Waals surface area contributed by atoms with Crippen LogP contribution >= 0.6 is 17.9 Å². The van der Waals surface area contributed by atoms with Crippen LogP contribution in [0.1, 0.15) is 10.4 Å². The molecule has 0 fully saturated rings. The van der Waals surface area contributed by atoms with Crippen molar-refractivity contribution in [2.45, 2.75) is 0 Å². The summed E-state index contributed by atoms with van der Waals surface area (Å²) in [5.41, 5.74) is 0.253. The first-order valence-electron chi connectivity index (χ1n) is 3.64. The van der Waals surface area contributed by atoms with Crippen molar-refractivity contribution in [2.75, 3.05) is 7.11 Å². The van der Waals surface area contributed by atoms with Gasteiger partial charge >= 0.3 is 0 Å². The van der Waals surface area contributed by atoms with E-state index < -0.39 is 0 Å². The van der Waals surface area contributed by atoms with Crippen LogP contribution in [0.15, 0.2) is 12.1 Å². The molecule has 1 unspecified atom stereocenters. The Labute approximate surface area is 85.1 Å². The third-order valence-electron chi connectivity index (χ3n) is 1.68. The Hall–Kier alpha value is -0.980. The molecule has 0 amide bonds. The average molecular weight is 230 g/mol. The molecule has 0 saturated heterocycles. The highest BCUT2D eigenvalue weighted by Crippen LogP contribution is 2.28. The number of hydrogen-bond donors (Lipinski definition) is 0. The fourth-order valence-electron chi connectivity index (χ4n) is 1.07. The lowest BCUT2D eigenvalue weighted by atomic mass is 10.2. The summed E-state index contributed by atoms with van der Waals surface area (Å²) in [7, 11) is 3.25. The van der Waals surface area contributed by atoms with E-state index in [1.165, 1.54) is 7.11 Å². The topological polar surface area (TPSA) is 52.6 Å². The molecular formula is C8H8O4P2. The van der Waals surface area contributed by atoms with E-state index in [2.05, 4.69) is 0 Å². The smallest absolute Gasteiger partial charge is 0.196 e. The van der Waals surface area contributed by atoms with E-state index in [4.69, 9.17) is 9.26 Å². The van der Waals surface area contributed by atoms with Crippen molar-refractivity contribution in [3.8, 4) is 11.5 Å². The van der Waals surface area contributed by atoms with Crippen LogP contribution in [0.2, 0.25) is 0 Å². The normalized spacial score (nSPS) is 9.86. The number of aldehydes is 1. The van der Waals surface area contributed by atoms with Crippen molar-refractivity contribution < 1.29 is 18.6 Å². The molecule has 0 aliphatic heterocycles. The molecule has 1 atom stereocenters. The van der Waals surface area contributed by atoms with E-state index >= 15 is 0 Å². The maximum absolute atomic E-state index is 10.8. The lowest BCUT2D eigenvalue weighted by Gasteiger charge is -2.09. The van der Waals surface area contributed by atoms with Crippen molar-refractivity contribution in [3.63, 3.8) is 0 Å². The molecule has 14 heavy (non-hydrogen) atoms. The molecule has 0 bridgehead atoms. The minimum Gasteiger partial charge on any atom is -0.495 e. The predicted octanol–water partition coefficient (Wildman–Crippen LogP) is 1.59. The minimum atomic E-state index is -0.195. The van der Waals surface area contributed by atoms with Gasteiger partial charge in [0.05, 0.1) is 27.4 Å². The molecule has 74 valence electrons. The summed E-state index contributed by atoms with van der Waals surface area (Å²) in [6.07, 6.45) is 0.604. The lowest BCUT2D eigenvalue weighted by molar-refractivity contribution is 0.111. The van der Waals surface area contributed by atoms with Gasteiger partial charge in [0, 0.05) is 0 Å². The van der Waals surface area contributed by atoms with Crippen molar-refractivity contribution in [2.24, 2.45) is 0 Å². The zero-order chi connectivity index (χ0) is 10.6. The molecule has 1 aromatic rings. The van der Waals surface area contributed by atoms with Gasteiger partial charge < -0.3 is 9.26 Å². The summed E-state index contributed by atoms with van der Waals surface area (Å²) in [4.78, 5) is 10.8. The summed E-state index contributed by atoms with van der Waals surface area (Å²) in [6, 6.07) is 3.12. The predicted molar refractivity (Wildman–Crippen MR) is 56.0 cm³/mol. The van der Waals surface area contributed by atoms with E-state index in [1.54, 1.807) is 12.1 Å². The van der Waals surface area contributed by atoms with Gasteiger partial charge in [0.15, 0.2) is 14.7 Å². The summed E-state index contributed by atoms with van der Waals surface area (Å²) in [5.74, 6) is 0.644. The van der Waals surface area contributed by atoms with Crippen LogP contribution in [-0.4, -0.2) is 13.4 Å². The van der Waals surface area contributed by atoms with Crippen LogP contribution in [0.25, 0.3) is 0 Å². The van der Waals surface area contributed by atoms with Gasteiger partial charge in [-0.3, -0.25) is 9.36 Å². The highest BCUT2D eigenvalue weighted by Gasteiger charge is 2.14. The Balaban J connectivity index is 3.43. The molecule has 1 rings (SSSR count). The second-order valence-electron chi connectivity index (χ2n) is 2.36. The van der Waals surface area contributed by atoms with E-state index in [1.807, 2.05) is 9.47 Å². The van der Waals surface area contributed by atoms with E-state index in [0.717, 1.165) is 0 Å². The van der Waals surface area contributed by atoms with E-state index in [-0.39, 0.29) is 19.8 Å². The number of methoxy groups -OCH3 is 1. The standard InChI is InChI=1S/C8H8O4P2/c1-11-8-5(4-9)6(12-13)2-3-7(8)14-10/h2-4H,13H2,1H3. The van der Waals surface area contributed by atoms with Crippen LogP contribution in [0, 0.1) is 0 Å². The van der Waals surface area contributed by atoms with Crippen molar-refractivity contribution in [3.05, 3.63) is 17.7 Å². The van der Waals surface area contributed by atoms with Gasteiger partial charge in [-0.1, -0.05) is 0 Å². The Morgan fingerprint density at radius 1 is 1.50 bits per heavy atom. The second-order valence-corrected chi connectivity index (χ2v) is 3.26. The molecule has 4 nitrogen and oxygen atoms in total. The molecule has 0 heterocycles. The van der Waals surface area contributed by atoms with Gasteiger partial charge in [-0.25, -0.2) is 0 Å². The van der Waals surface area contributed by atoms with Crippen molar-refractivity contribution in [1.29, 1.82) is 0 Å². The van der Waals surface area contributed by atoms with Gasteiger partial charge in [-0.15, -0.1) is 0 Å². The molecule has 1 aromatic carbocycles. The van der Waals surface area contributed by atoms with Crippen LogP contribution in [0.4, 0.5) is 0 Å². The molecule has 0 radical (unpaired) electrons. The monoisotopic (exact) mass is 230 g/mol. The molecule has 0 saturated carbocycles. The largest absolute Gasteiger partial charge is 0.495 e. The zero-order valence-corrected chi connectivity index (χ0v) is 9.44. The maximum Gasteiger partial charge on any atom is 0.196 e.